The van der Waals surface area contributed by atoms with Crippen LogP contribution in [0, 0.1) is 5.82 Å². The summed E-state index contributed by atoms with van der Waals surface area (Å²) in [5.41, 5.74) is 6.65. The van der Waals surface area contributed by atoms with Gasteiger partial charge in [-0.25, -0.2) is 4.39 Å². The van der Waals surface area contributed by atoms with Gasteiger partial charge in [0, 0.05) is 16.6 Å². The molecule has 1 fully saturated rings. The Morgan fingerprint density at radius 1 is 1.33 bits per heavy atom. The standard InChI is InChI=1S/C14H16BrFN4O/c15-10-5-9(6-11(16)7-10)14-18-13(19-21-14)12(17)8-20-3-1-2-4-20/h5-7,12H,1-4,8,17H2. The van der Waals surface area contributed by atoms with E-state index in [0.29, 0.717) is 22.4 Å². The maximum Gasteiger partial charge on any atom is 0.258 e. The molecule has 2 aromatic rings. The predicted octanol–water partition coefficient (Wildman–Crippen LogP) is 2.73. The molecule has 7 heteroatoms. The van der Waals surface area contributed by atoms with Gasteiger partial charge in [0.1, 0.15) is 5.82 Å². The predicted molar refractivity (Wildman–Crippen MR) is 80.0 cm³/mol. The molecule has 3 rings (SSSR count). The van der Waals surface area contributed by atoms with Crippen LogP contribution in [-0.4, -0.2) is 34.7 Å². The molecule has 1 aliphatic rings. The summed E-state index contributed by atoms with van der Waals surface area (Å²) in [6.07, 6.45) is 2.42. The van der Waals surface area contributed by atoms with Crippen molar-refractivity contribution in [3.8, 4) is 11.5 Å². The highest BCUT2D eigenvalue weighted by Crippen LogP contribution is 2.24. The van der Waals surface area contributed by atoms with E-state index in [1.54, 1.807) is 6.07 Å². The smallest absolute Gasteiger partial charge is 0.258 e. The molecule has 0 radical (unpaired) electrons. The summed E-state index contributed by atoms with van der Waals surface area (Å²) >= 11 is 3.24. The van der Waals surface area contributed by atoms with Crippen molar-refractivity contribution in [2.75, 3.05) is 19.6 Å². The summed E-state index contributed by atoms with van der Waals surface area (Å²) in [6.45, 7) is 2.84. The van der Waals surface area contributed by atoms with Crippen LogP contribution in [-0.2, 0) is 0 Å². The first-order valence-corrected chi connectivity index (χ1v) is 7.69. The Bertz CT molecular complexity index is 607. The lowest BCUT2D eigenvalue weighted by Gasteiger charge is -2.17. The van der Waals surface area contributed by atoms with Gasteiger partial charge in [-0.15, -0.1) is 0 Å². The third kappa shape index (κ3) is 3.48. The maximum absolute atomic E-state index is 13.4. The third-order valence-electron chi connectivity index (χ3n) is 3.54. The van der Waals surface area contributed by atoms with Crippen molar-refractivity contribution in [3.05, 3.63) is 34.3 Å². The fourth-order valence-electron chi connectivity index (χ4n) is 2.51. The van der Waals surface area contributed by atoms with E-state index in [1.165, 1.54) is 25.0 Å². The zero-order chi connectivity index (χ0) is 14.8. The molecule has 0 aliphatic carbocycles. The second-order valence-electron chi connectivity index (χ2n) is 5.23. The van der Waals surface area contributed by atoms with Gasteiger partial charge in [-0.1, -0.05) is 21.1 Å². The summed E-state index contributed by atoms with van der Waals surface area (Å²) in [6, 6.07) is 4.16. The molecule has 21 heavy (non-hydrogen) atoms. The molecule has 5 nitrogen and oxygen atoms in total. The van der Waals surface area contributed by atoms with Crippen molar-refractivity contribution in [3.63, 3.8) is 0 Å². The van der Waals surface area contributed by atoms with Crippen LogP contribution in [0.1, 0.15) is 24.7 Å². The van der Waals surface area contributed by atoms with Crippen molar-refractivity contribution < 1.29 is 8.91 Å². The van der Waals surface area contributed by atoms with Crippen molar-refractivity contribution in [2.24, 2.45) is 5.73 Å². The summed E-state index contributed by atoms with van der Waals surface area (Å²) < 4.78 is 19.2. The van der Waals surface area contributed by atoms with Gasteiger partial charge in [0.25, 0.3) is 5.89 Å². The molecule has 1 atom stereocenters. The minimum absolute atomic E-state index is 0.280. The summed E-state index contributed by atoms with van der Waals surface area (Å²) in [5.74, 6) is 0.375. The molecule has 1 unspecified atom stereocenters. The Labute approximate surface area is 130 Å². The zero-order valence-corrected chi connectivity index (χ0v) is 13.0. The second-order valence-corrected chi connectivity index (χ2v) is 6.15. The first kappa shape index (κ1) is 14.6. The molecule has 1 aliphatic heterocycles. The molecule has 0 amide bonds. The van der Waals surface area contributed by atoms with E-state index in [1.807, 2.05) is 0 Å². The van der Waals surface area contributed by atoms with Crippen LogP contribution in [0.15, 0.2) is 27.2 Å². The number of likely N-dealkylation sites (tertiary alicyclic amines) is 1. The SMILES string of the molecule is NC(CN1CCCC1)c1noc(-c2cc(F)cc(Br)c2)n1. The van der Waals surface area contributed by atoms with Gasteiger partial charge in [-0.05, 0) is 44.1 Å². The number of aromatic nitrogens is 2. The van der Waals surface area contributed by atoms with Gasteiger partial charge in [0.2, 0.25) is 0 Å². The van der Waals surface area contributed by atoms with E-state index < -0.39 is 0 Å². The number of benzene rings is 1. The summed E-state index contributed by atoms with van der Waals surface area (Å²) in [4.78, 5) is 6.58. The lowest BCUT2D eigenvalue weighted by molar-refractivity contribution is 0.306. The van der Waals surface area contributed by atoms with E-state index in [4.69, 9.17) is 10.3 Å². The Balaban J connectivity index is 1.75. The van der Waals surface area contributed by atoms with E-state index in [0.717, 1.165) is 13.1 Å². The lowest BCUT2D eigenvalue weighted by Crippen LogP contribution is -2.30. The van der Waals surface area contributed by atoms with Crippen molar-refractivity contribution in [2.45, 2.75) is 18.9 Å². The van der Waals surface area contributed by atoms with Crippen molar-refractivity contribution >= 4 is 15.9 Å². The van der Waals surface area contributed by atoms with Crippen molar-refractivity contribution in [1.29, 1.82) is 0 Å². The monoisotopic (exact) mass is 354 g/mol. The summed E-state index contributed by atoms with van der Waals surface area (Å²) in [5, 5.41) is 3.92. The third-order valence-corrected chi connectivity index (χ3v) is 3.99. The normalized spacial score (nSPS) is 17.3. The largest absolute Gasteiger partial charge is 0.334 e. The second kappa shape index (κ2) is 6.21. The molecule has 2 N–H and O–H groups in total. The number of nitrogens with zero attached hydrogens (tertiary/aromatic N) is 3. The molecule has 1 saturated heterocycles. The van der Waals surface area contributed by atoms with Gasteiger partial charge < -0.3 is 15.2 Å². The van der Waals surface area contributed by atoms with Gasteiger partial charge in [0.15, 0.2) is 5.82 Å². The molecule has 112 valence electrons. The molecule has 0 spiro atoms. The van der Waals surface area contributed by atoms with E-state index >= 15 is 0 Å². The van der Waals surface area contributed by atoms with Crippen LogP contribution in [0.25, 0.3) is 11.5 Å². The molecule has 2 heterocycles. The number of hydrogen-bond acceptors (Lipinski definition) is 5. The highest BCUT2D eigenvalue weighted by Gasteiger charge is 2.20. The lowest BCUT2D eigenvalue weighted by atomic mass is 10.2. The molecule has 1 aromatic carbocycles. The number of hydrogen-bond donors (Lipinski definition) is 1. The molecular formula is C14H16BrFN4O. The minimum Gasteiger partial charge on any atom is -0.334 e. The van der Waals surface area contributed by atoms with Crippen molar-refractivity contribution in [1.82, 2.24) is 15.0 Å². The van der Waals surface area contributed by atoms with E-state index in [-0.39, 0.29) is 17.7 Å². The number of rotatable bonds is 4. The average molecular weight is 355 g/mol. The van der Waals surface area contributed by atoms with Gasteiger partial charge >= 0.3 is 0 Å². The Kier molecular flexibility index (Phi) is 4.32. The quantitative estimate of drug-likeness (QED) is 0.914. The average Bonchev–Trinajstić information content (AvgIpc) is 3.08. The molecule has 0 saturated carbocycles. The highest BCUT2D eigenvalue weighted by molar-refractivity contribution is 9.10. The molecular weight excluding hydrogens is 339 g/mol. The number of nitrogens with two attached hydrogens (primary N) is 1. The fraction of sp³-hybridized carbons (Fsp3) is 0.429. The Morgan fingerprint density at radius 3 is 2.81 bits per heavy atom. The van der Waals surface area contributed by atoms with Gasteiger partial charge in [-0.2, -0.15) is 4.98 Å². The van der Waals surface area contributed by atoms with Crippen LogP contribution in [0.5, 0.6) is 0 Å². The van der Waals surface area contributed by atoms with Gasteiger partial charge in [0.05, 0.1) is 6.04 Å². The first-order chi connectivity index (χ1) is 10.1. The Hall–Kier alpha value is -1.31. The maximum atomic E-state index is 13.4. The topological polar surface area (TPSA) is 68.2 Å². The zero-order valence-electron chi connectivity index (χ0n) is 11.4. The summed E-state index contributed by atoms with van der Waals surface area (Å²) in [7, 11) is 0. The van der Waals surface area contributed by atoms with Crippen LogP contribution in [0.4, 0.5) is 4.39 Å². The van der Waals surface area contributed by atoms with Crippen LogP contribution >= 0.6 is 15.9 Å². The van der Waals surface area contributed by atoms with Crippen LogP contribution in [0.2, 0.25) is 0 Å². The fourth-order valence-corrected chi connectivity index (χ4v) is 2.97. The first-order valence-electron chi connectivity index (χ1n) is 6.90. The van der Waals surface area contributed by atoms with Gasteiger partial charge in [-0.3, -0.25) is 0 Å². The molecule has 1 aromatic heterocycles. The van der Waals surface area contributed by atoms with E-state index in [9.17, 15) is 4.39 Å². The number of halogens is 2. The highest BCUT2D eigenvalue weighted by atomic mass is 79.9. The van der Waals surface area contributed by atoms with E-state index in [2.05, 4.69) is 31.0 Å². The minimum atomic E-state index is -0.361. The van der Waals surface area contributed by atoms with Crippen LogP contribution < -0.4 is 5.73 Å². The molecule has 0 bridgehead atoms. The van der Waals surface area contributed by atoms with Crippen LogP contribution in [0.3, 0.4) is 0 Å². The Morgan fingerprint density at radius 2 is 2.10 bits per heavy atom.